The average molecular weight is 227 g/mol. The van der Waals surface area contributed by atoms with E-state index in [0.717, 1.165) is 11.1 Å². The van der Waals surface area contributed by atoms with Crippen molar-refractivity contribution in [2.24, 2.45) is 0 Å². The number of carbonyl (C=O) groups excluding carboxylic acids is 1. The fourth-order valence-corrected chi connectivity index (χ4v) is 1.36. The van der Waals surface area contributed by atoms with E-state index >= 15 is 0 Å². The maximum atomic E-state index is 11.5. The number of H-pyrrole nitrogens is 1. The van der Waals surface area contributed by atoms with Gasteiger partial charge in [-0.2, -0.15) is 0 Å². The normalized spacial score (nSPS) is 10.6. The number of carbonyl (C=O) groups is 1. The van der Waals surface area contributed by atoms with E-state index in [0.29, 0.717) is 6.54 Å². The summed E-state index contributed by atoms with van der Waals surface area (Å²) in [5, 5.41) is 2.79. The molecule has 0 fully saturated rings. The van der Waals surface area contributed by atoms with Crippen LogP contribution in [0.1, 0.15) is 11.1 Å². The Morgan fingerprint density at radius 2 is 2.41 bits per heavy atom. The SMILES string of the molecule is O=C(/C=C/c1cccnc1)NCc1cc[nH]c1. The third-order valence-electron chi connectivity index (χ3n) is 2.24. The first kappa shape index (κ1) is 11.1. The van der Waals surface area contributed by atoms with E-state index in [9.17, 15) is 4.79 Å². The van der Waals surface area contributed by atoms with Gasteiger partial charge < -0.3 is 10.3 Å². The van der Waals surface area contributed by atoms with Gasteiger partial charge in [0.1, 0.15) is 0 Å². The molecule has 17 heavy (non-hydrogen) atoms. The summed E-state index contributed by atoms with van der Waals surface area (Å²) in [6, 6.07) is 5.64. The van der Waals surface area contributed by atoms with Gasteiger partial charge in [0.05, 0.1) is 0 Å². The second-order valence-corrected chi connectivity index (χ2v) is 3.56. The maximum absolute atomic E-state index is 11.5. The molecule has 86 valence electrons. The quantitative estimate of drug-likeness (QED) is 0.782. The Morgan fingerprint density at radius 1 is 1.47 bits per heavy atom. The van der Waals surface area contributed by atoms with Gasteiger partial charge in [-0.05, 0) is 29.3 Å². The summed E-state index contributed by atoms with van der Waals surface area (Å²) in [6.45, 7) is 0.527. The van der Waals surface area contributed by atoms with E-state index in [1.165, 1.54) is 6.08 Å². The zero-order chi connectivity index (χ0) is 11.9. The smallest absolute Gasteiger partial charge is 0.244 e. The molecular weight excluding hydrogens is 214 g/mol. The second-order valence-electron chi connectivity index (χ2n) is 3.56. The van der Waals surface area contributed by atoms with Crippen LogP contribution < -0.4 is 5.32 Å². The number of rotatable bonds is 4. The largest absolute Gasteiger partial charge is 0.367 e. The molecule has 2 rings (SSSR count). The van der Waals surface area contributed by atoms with Crippen LogP contribution in [0.3, 0.4) is 0 Å². The van der Waals surface area contributed by atoms with Crippen LogP contribution in [0.4, 0.5) is 0 Å². The van der Waals surface area contributed by atoms with E-state index in [4.69, 9.17) is 0 Å². The van der Waals surface area contributed by atoms with Crippen LogP contribution in [0.5, 0.6) is 0 Å². The second kappa shape index (κ2) is 5.65. The van der Waals surface area contributed by atoms with Gasteiger partial charge in [-0.1, -0.05) is 6.07 Å². The van der Waals surface area contributed by atoms with E-state index in [1.807, 2.05) is 30.6 Å². The van der Waals surface area contributed by atoms with Gasteiger partial charge in [0.25, 0.3) is 0 Å². The molecule has 4 nitrogen and oxygen atoms in total. The number of amides is 1. The number of hydrogen-bond donors (Lipinski definition) is 2. The molecule has 0 spiro atoms. The average Bonchev–Trinajstić information content (AvgIpc) is 2.88. The van der Waals surface area contributed by atoms with Crippen LogP contribution >= 0.6 is 0 Å². The Bertz CT molecular complexity index is 489. The summed E-state index contributed by atoms with van der Waals surface area (Å²) in [5.41, 5.74) is 1.96. The Kier molecular flexibility index (Phi) is 3.70. The van der Waals surface area contributed by atoms with Crippen molar-refractivity contribution in [1.29, 1.82) is 0 Å². The molecule has 0 atom stereocenters. The van der Waals surface area contributed by atoms with Crippen LogP contribution in [-0.4, -0.2) is 15.9 Å². The lowest BCUT2D eigenvalue weighted by Gasteiger charge is -1.98. The first-order valence-electron chi connectivity index (χ1n) is 5.32. The molecule has 2 aromatic rings. The minimum atomic E-state index is -0.116. The molecule has 0 unspecified atom stereocenters. The molecule has 0 bridgehead atoms. The zero-order valence-corrected chi connectivity index (χ0v) is 9.26. The highest BCUT2D eigenvalue weighted by atomic mass is 16.1. The van der Waals surface area contributed by atoms with Crippen molar-refractivity contribution in [2.75, 3.05) is 0 Å². The number of nitrogens with one attached hydrogen (secondary N) is 2. The monoisotopic (exact) mass is 227 g/mol. The van der Waals surface area contributed by atoms with Gasteiger partial charge in [-0.3, -0.25) is 9.78 Å². The summed E-state index contributed by atoms with van der Waals surface area (Å²) < 4.78 is 0. The highest BCUT2D eigenvalue weighted by Crippen LogP contribution is 1.99. The molecule has 2 aromatic heterocycles. The third-order valence-corrected chi connectivity index (χ3v) is 2.24. The van der Waals surface area contributed by atoms with Gasteiger partial charge >= 0.3 is 0 Å². The lowest BCUT2D eigenvalue weighted by molar-refractivity contribution is -0.116. The first-order valence-corrected chi connectivity index (χ1v) is 5.32. The van der Waals surface area contributed by atoms with Crippen molar-refractivity contribution in [3.05, 3.63) is 60.2 Å². The van der Waals surface area contributed by atoms with Crippen molar-refractivity contribution in [3.63, 3.8) is 0 Å². The minimum Gasteiger partial charge on any atom is -0.367 e. The predicted molar refractivity (Wildman–Crippen MR) is 65.9 cm³/mol. The number of aromatic nitrogens is 2. The molecule has 0 aliphatic carbocycles. The Balaban J connectivity index is 1.83. The lowest BCUT2D eigenvalue weighted by Crippen LogP contribution is -2.19. The van der Waals surface area contributed by atoms with E-state index in [1.54, 1.807) is 18.5 Å². The van der Waals surface area contributed by atoms with Gasteiger partial charge in [-0.25, -0.2) is 0 Å². The molecule has 2 heterocycles. The van der Waals surface area contributed by atoms with Crippen LogP contribution in [0, 0.1) is 0 Å². The number of nitrogens with zero attached hydrogens (tertiary/aromatic N) is 1. The molecule has 0 aromatic carbocycles. The van der Waals surface area contributed by atoms with Gasteiger partial charge in [0.15, 0.2) is 0 Å². The van der Waals surface area contributed by atoms with Crippen LogP contribution in [-0.2, 0) is 11.3 Å². The number of pyridine rings is 1. The lowest BCUT2D eigenvalue weighted by atomic mass is 10.2. The minimum absolute atomic E-state index is 0.116. The van der Waals surface area contributed by atoms with E-state index < -0.39 is 0 Å². The van der Waals surface area contributed by atoms with Gasteiger partial charge in [0, 0.05) is 37.4 Å². The first-order chi connectivity index (χ1) is 8.34. The van der Waals surface area contributed by atoms with Crippen LogP contribution in [0.25, 0.3) is 6.08 Å². The third kappa shape index (κ3) is 3.61. The molecule has 1 amide bonds. The molecule has 0 saturated carbocycles. The molecule has 0 saturated heterocycles. The molecule has 0 aliphatic heterocycles. The molecule has 0 aliphatic rings. The summed E-state index contributed by atoms with van der Waals surface area (Å²) in [6.07, 6.45) is 10.3. The summed E-state index contributed by atoms with van der Waals surface area (Å²) in [7, 11) is 0. The summed E-state index contributed by atoms with van der Waals surface area (Å²) in [4.78, 5) is 18.4. The Morgan fingerprint density at radius 3 is 3.12 bits per heavy atom. The fourth-order valence-electron chi connectivity index (χ4n) is 1.36. The van der Waals surface area contributed by atoms with E-state index in [-0.39, 0.29) is 5.91 Å². The summed E-state index contributed by atoms with van der Waals surface area (Å²) in [5.74, 6) is -0.116. The van der Waals surface area contributed by atoms with Crippen molar-refractivity contribution >= 4 is 12.0 Å². The number of aromatic amines is 1. The fraction of sp³-hybridized carbons (Fsp3) is 0.0769. The van der Waals surface area contributed by atoms with Crippen molar-refractivity contribution in [3.8, 4) is 0 Å². The highest BCUT2D eigenvalue weighted by Gasteiger charge is 1.96. The van der Waals surface area contributed by atoms with Crippen molar-refractivity contribution in [1.82, 2.24) is 15.3 Å². The zero-order valence-electron chi connectivity index (χ0n) is 9.26. The summed E-state index contributed by atoms with van der Waals surface area (Å²) >= 11 is 0. The van der Waals surface area contributed by atoms with Crippen LogP contribution in [0.2, 0.25) is 0 Å². The standard InChI is InChI=1S/C13H13N3O/c17-13(16-10-12-5-7-15-9-12)4-3-11-2-1-6-14-8-11/h1-9,15H,10H2,(H,16,17)/b4-3+. The Labute approximate surface area is 99.4 Å². The van der Waals surface area contributed by atoms with Crippen molar-refractivity contribution < 1.29 is 4.79 Å². The molecule has 0 radical (unpaired) electrons. The molecular formula is C13H13N3O. The molecule has 4 heteroatoms. The van der Waals surface area contributed by atoms with Crippen LogP contribution in [0.15, 0.2) is 49.1 Å². The highest BCUT2D eigenvalue weighted by molar-refractivity contribution is 5.91. The Hall–Kier alpha value is -2.36. The topological polar surface area (TPSA) is 57.8 Å². The molecule has 2 N–H and O–H groups in total. The van der Waals surface area contributed by atoms with Crippen molar-refractivity contribution in [2.45, 2.75) is 6.54 Å². The predicted octanol–water partition coefficient (Wildman–Crippen LogP) is 1.74. The van der Waals surface area contributed by atoms with E-state index in [2.05, 4.69) is 15.3 Å². The van der Waals surface area contributed by atoms with Gasteiger partial charge in [-0.15, -0.1) is 0 Å². The van der Waals surface area contributed by atoms with Gasteiger partial charge in [0.2, 0.25) is 5.91 Å². The number of hydrogen-bond acceptors (Lipinski definition) is 2. The maximum Gasteiger partial charge on any atom is 0.244 e.